The summed E-state index contributed by atoms with van der Waals surface area (Å²) >= 11 is 0. The molecule has 0 aromatic heterocycles. The Kier molecular flexibility index (Phi) is 2.13. The largest absolute Gasteiger partial charge is 0.486 e. The summed E-state index contributed by atoms with van der Waals surface area (Å²) in [4.78, 5) is 0. The van der Waals surface area contributed by atoms with Crippen molar-refractivity contribution < 1.29 is 4.74 Å². The van der Waals surface area contributed by atoms with Crippen LogP contribution in [0.4, 0.5) is 5.69 Å². The number of para-hydroxylation sites is 1. The number of rotatable bonds is 1. The van der Waals surface area contributed by atoms with Gasteiger partial charge in [0.25, 0.3) is 0 Å². The second-order valence-corrected chi connectivity index (χ2v) is 3.48. The molecule has 0 aliphatic carbocycles. The Morgan fingerprint density at radius 1 is 1.54 bits per heavy atom. The van der Waals surface area contributed by atoms with Crippen molar-refractivity contribution in [1.82, 2.24) is 0 Å². The number of anilines is 1. The Morgan fingerprint density at radius 3 is 3.15 bits per heavy atom. The van der Waals surface area contributed by atoms with Gasteiger partial charge in [-0.05, 0) is 25.0 Å². The highest BCUT2D eigenvalue weighted by Gasteiger charge is 2.17. The summed E-state index contributed by atoms with van der Waals surface area (Å²) < 4.78 is 5.80. The average Bonchev–Trinajstić information content (AvgIpc) is 2.18. The molecule has 13 heavy (non-hydrogen) atoms. The molecule has 1 aromatic rings. The normalized spacial score (nSPS) is 20.0. The van der Waals surface area contributed by atoms with Crippen LogP contribution in [-0.2, 0) is 0 Å². The minimum atomic E-state index is 0.328. The van der Waals surface area contributed by atoms with Gasteiger partial charge in [-0.1, -0.05) is 19.1 Å². The average molecular weight is 177 g/mol. The molecule has 2 nitrogen and oxygen atoms in total. The number of hydrogen-bond acceptors (Lipinski definition) is 2. The molecule has 70 valence electrons. The number of ether oxygens (including phenoxy) is 1. The van der Waals surface area contributed by atoms with Crippen molar-refractivity contribution >= 4 is 5.69 Å². The summed E-state index contributed by atoms with van der Waals surface area (Å²) in [6.45, 7) is 5.17. The van der Waals surface area contributed by atoms with E-state index in [1.165, 1.54) is 5.56 Å². The second-order valence-electron chi connectivity index (χ2n) is 3.48. The van der Waals surface area contributed by atoms with Crippen molar-refractivity contribution in [3.8, 4) is 5.75 Å². The minimum Gasteiger partial charge on any atom is -0.486 e. The van der Waals surface area contributed by atoms with E-state index in [2.05, 4.69) is 25.2 Å². The van der Waals surface area contributed by atoms with Crippen LogP contribution in [0.15, 0.2) is 18.2 Å². The number of fused-ring (bicyclic) bond motifs is 1. The van der Waals surface area contributed by atoms with Gasteiger partial charge in [-0.3, -0.25) is 0 Å². The molecule has 0 amide bonds. The van der Waals surface area contributed by atoms with Gasteiger partial charge < -0.3 is 10.1 Å². The van der Waals surface area contributed by atoms with Gasteiger partial charge >= 0.3 is 0 Å². The third-order valence-corrected chi connectivity index (χ3v) is 2.49. The molecule has 0 saturated heterocycles. The first-order valence-corrected chi connectivity index (χ1v) is 4.81. The zero-order valence-corrected chi connectivity index (χ0v) is 8.13. The van der Waals surface area contributed by atoms with Gasteiger partial charge in [-0.15, -0.1) is 0 Å². The smallest absolute Gasteiger partial charge is 0.143 e. The lowest BCUT2D eigenvalue weighted by Crippen LogP contribution is -2.30. The summed E-state index contributed by atoms with van der Waals surface area (Å²) in [6.07, 6.45) is 1.38. The third kappa shape index (κ3) is 1.48. The van der Waals surface area contributed by atoms with Crippen molar-refractivity contribution in [1.29, 1.82) is 0 Å². The van der Waals surface area contributed by atoms with Crippen molar-refractivity contribution in [3.05, 3.63) is 23.8 Å². The van der Waals surface area contributed by atoms with Crippen LogP contribution in [0.5, 0.6) is 5.75 Å². The molecule has 1 aromatic carbocycles. The van der Waals surface area contributed by atoms with E-state index in [0.29, 0.717) is 6.10 Å². The quantitative estimate of drug-likeness (QED) is 0.711. The highest BCUT2D eigenvalue weighted by atomic mass is 16.5. The Labute approximate surface area is 78.9 Å². The lowest BCUT2D eigenvalue weighted by Gasteiger charge is -2.27. The van der Waals surface area contributed by atoms with E-state index in [9.17, 15) is 0 Å². The Morgan fingerprint density at radius 2 is 2.38 bits per heavy atom. The van der Waals surface area contributed by atoms with Gasteiger partial charge in [-0.2, -0.15) is 0 Å². The summed E-state index contributed by atoms with van der Waals surface area (Å²) in [7, 11) is 0. The Hall–Kier alpha value is -1.18. The van der Waals surface area contributed by atoms with Crippen molar-refractivity contribution in [3.63, 3.8) is 0 Å². The van der Waals surface area contributed by atoms with Crippen LogP contribution in [0.3, 0.4) is 0 Å². The van der Waals surface area contributed by atoms with E-state index in [-0.39, 0.29) is 0 Å². The number of benzene rings is 1. The van der Waals surface area contributed by atoms with Crippen LogP contribution in [0, 0.1) is 6.92 Å². The first kappa shape index (κ1) is 8.42. The van der Waals surface area contributed by atoms with Gasteiger partial charge in [0.2, 0.25) is 0 Å². The maximum absolute atomic E-state index is 5.80. The lowest BCUT2D eigenvalue weighted by molar-refractivity contribution is 0.201. The molecule has 1 aliphatic rings. The van der Waals surface area contributed by atoms with Crippen molar-refractivity contribution in [2.24, 2.45) is 0 Å². The fourth-order valence-electron chi connectivity index (χ4n) is 1.63. The van der Waals surface area contributed by atoms with Crippen LogP contribution in [0.25, 0.3) is 0 Å². The molecular weight excluding hydrogens is 162 g/mol. The molecule has 0 bridgehead atoms. The molecular formula is C11H15NO. The lowest BCUT2D eigenvalue weighted by atomic mass is 10.1. The molecule has 0 fully saturated rings. The van der Waals surface area contributed by atoms with Crippen molar-refractivity contribution in [2.75, 3.05) is 11.9 Å². The molecule has 1 unspecified atom stereocenters. The third-order valence-electron chi connectivity index (χ3n) is 2.49. The minimum absolute atomic E-state index is 0.328. The van der Waals surface area contributed by atoms with Gasteiger partial charge in [-0.25, -0.2) is 0 Å². The van der Waals surface area contributed by atoms with Gasteiger partial charge in [0, 0.05) is 0 Å². The zero-order chi connectivity index (χ0) is 9.26. The molecule has 2 rings (SSSR count). The maximum Gasteiger partial charge on any atom is 0.143 e. The highest BCUT2D eigenvalue weighted by Crippen LogP contribution is 2.32. The van der Waals surface area contributed by atoms with Crippen LogP contribution in [0.2, 0.25) is 0 Å². The van der Waals surface area contributed by atoms with E-state index in [1.54, 1.807) is 0 Å². The SMILES string of the molecule is CCC1CNc2c(C)cccc2O1. The second kappa shape index (κ2) is 3.29. The molecule has 1 atom stereocenters. The standard InChI is InChI=1S/C11H15NO/c1-3-9-7-12-11-8(2)5-4-6-10(11)13-9/h4-6,9,12H,3,7H2,1-2H3. The molecule has 0 radical (unpaired) electrons. The summed E-state index contributed by atoms with van der Waals surface area (Å²) in [5.41, 5.74) is 2.42. The van der Waals surface area contributed by atoms with E-state index in [0.717, 1.165) is 24.4 Å². The van der Waals surface area contributed by atoms with Gasteiger partial charge in [0.05, 0.1) is 12.2 Å². The zero-order valence-electron chi connectivity index (χ0n) is 8.13. The molecule has 0 saturated carbocycles. The molecule has 2 heteroatoms. The Bertz CT molecular complexity index is 309. The maximum atomic E-state index is 5.80. The molecule has 1 N–H and O–H groups in total. The van der Waals surface area contributed by atoms with E-state index < -0.39 is 0 Å². The van der Waals surface area contributed by atoms with Crippen LogP contribution in [-0.4, -0.2) is 12.6 Å². The number of aryl methyl sites for hydroxylation is 1. The molecule has 1 heterocycles. The van der Waals surface area contributed by atoms with E-state index in [1.807, 2.05) is 12.1 Å². The molecule has 1 aliphatic heterocycles. The first-order chi connectivity index (χ1) is 6.31. The number of nitrogens with one attached hydrogen (secondary N) is 1. The predicted molar refractivity (Wildman–Crippen MR) is 54.4 cm³/mol. The fourth-order valence-corrected chi connectivity index (χ4v) is 1.63. The highest BCUT2D eigenvalue weighted by molar-refractivity contribution is 5.62. The topological polar surface area (TPSA) is 21.3 Å². The fraction of sp³-hybridized carbons (Fsp3) is 0.455. The monoisotopic (exact) mass is 177 g/mol. The van der Waals surface area contributed by atoms with Gasteiger partial charge in [0.15, 0.2) is 0 Å². The van der Waals surface area contributed by atoms with E-state index >= 15 is 0 Å². The van der Waals surface area contributed by atoms with Crippen LogP contribution >= 0.6 is 0 Å². The first-order valence-electron chi connectivity index (χ1n) is 4.81. The van der Waals surface area contributed by atoms with E-state index in [4.69, 9.17) is 4.74 Å². The summed E-state index contributed by atoms with van der Waals surface area (Å²) in [5.74, 6) is 0.998. The summed E-state index contributed by atoms with van der Waals surface area (Å²) in [6, 6.07) is 6.16. The van der Waals surface area contributed by atoms with Crippen LogP contribution < -0.4 is 10.1 Å². The molecule has 0 spiro atoms. The van der Waals surface area contributed by atoms with Crippen molar-refractivity contribution in [2.45, 2.75) is 26.4 Å². The predicted octanol–water partition coefficient (Wildman–Crippen LogP) is 2.58. The number of hydrogen-bond donors (Lipinski definition) is 1. The summed E-state index contributed by atoms with van der Waals surface area (Å²) in [5, 5.41) is 3.41. The Balaban J connectivity index is 2.31. The van der Waals surface area contributed by atoms with Gasteiger partial charge in [0.1, 0.15) is 11.9 Å². The van der Waals surface area contributed by atoms with Crippen LogP contribution in [0.1, 0.15) is 18.9 Å².